The third-order valence-corrected chi connectivity index (χ3v) is 5.64. The van der Waals surface area contributed by atoms with Crippen molar-refractivity contribution < 1.29 is 4.74 Å². The zero-order valence-corrected chi connectivity index (χ0v) is 15.2. The number of benzene rings is 1. The smallest absolute Gasteiger partial charge is 0.282 e. The maximum Gasteiger partial charge on any atom is 0.282 e. The van der Waals surface area contributed by atoms with Crippen LogP contribution < -0.4 is 10.3 Å². The zero-order valence-electron chi connectivity index (χ0n) is 14.4. The Kier molecular flexibility index (Phi) is 4.67. The van der Waals surface area contributed by atoms with Gasteiger partial charge in [-0.1, -0.05) is 12.7 Å². The lowest BCUT2D eigenvalue weighted by Crippen LogP contribution is -2.18. The maximum atomic E-state index is 12.8. The van der Waals surface area contributed by atoms with Crippen molar-refractivity contribution in [2.75, 3.05) is 6.61 Å². The molecule has 0 spiro atoms. The molecule has 0 fully saturated rings. The standard InChI is InChI=1S/C20H19N3O2S/c1-2-11-25-15-9-7-14(8-10-15)12-22-23-13-21-19-18(20(23)24)16-5-3-4-6-17(16)26-19/h2,7-10,12-13H,1,3-6,11H2/b22-12-. The number of aryl methyl sites for hydroxylation is 2. The van der Waals surface area contributed by atoms with Gasteiger partial charge >= 0.3 is 0 Å². The van der Waals surface area contributed by atoms with Gasteiger partial charge in [0.1, 0.15) is 23.5 Å². The minimum atomic E-state index is -0.0865. The molecule has 26 heavy (non-hydrogen) atoms. The van der Waals surface area contributed by atoms with Gasteiger partial charge in [-0.3, -0.25) is 4.79 Å². The van der Waals surface area contributed by atoms with E-state index in [-0.39, 0.29) is 5.56 Å². The first kappa shape index (κ1) is 16.7. The van der Waals surface area contributed by atoms with E-state index >= 15 is 0 Å². The molecule has 132 valence electrons. The molecule has 1 aliphatic rings. The average Bonchev–Trinajstić information content (AvgIpc) is 3.06. The molecule has 0 bridgehead atoms. The van der Waals surface area contributed by atoms with Crippen molar-refractivity contribution in [1.82, 2.24) is 9.66 Å². The van der Waals surface area contributed by atoms with Crippen LogP contribution >= 0.6 is 11.3 Å². The van der Waals surface area contributed by atoms with Gasteiger partial charge in [-0.2, -0.15) is 9.78 Å². The number of rotatable bonds is 5. The molecule has 5 nitrogen and oxygen atoms in total. The first-order valence-electron chi connectivity index (χ1n) is 8.66. The quantitative estimate of drug-likeness (QED) is 0.511. The fourth-order valence-electron chi connectivity index (χ4n) is 3.15. The summed E-state index contributed by atoms with van der Waals surface area (Å²) in [5.41, 5.74) is 1.98. The second-order valence-corrected chi connectivity index (χ2v) is 7.28. The summed E-state index contributed by atoms with van der Waals surface area (Å²) in [5, 5.41) is 5.06. The summed E-state index contributed by atoms with van der Waals surface area (Å²) in [6.45, 7) is 4.10. The fraction of sp³-hybridized carbons (Fsp3) is 0.250. The number of fused-ring (bicyclic) bond motifs is 3. The van der Waals surface area contributed by atoms with Crippen LogP contribution in [0.1, 0.15) is 28.8 Å². The molecule has 0 amide bonds. The van der Waals surface area contributed by atoms with Crippen molar-refractivity contribution in [3.63, 3.8) is 0 Å². The molecule has 0 saturated heterocycles. The summed E-state index contributed by atoms with van der Waals surface area (Å²) in [6.07, 6.45) is 9.21. The van der Waals surface area contributed by atoms with Crippen molar-refractivity contribution in [2.45, 2.75) is 25.7 Å². The van der Waals surface area contributed by atoms with Crippen LogP contribution in [-0.2, 0) is 12.8 Å². The molecule has 0 N–H and O–H groups in total. The van der Waals surface area contributed by atoms with Crippen molar-refractivity contribution >= 4 is 27.8 Å². The number of hydrogen-bond donors (Lipinski definition) is 0. The van der Waals surface area contributed by atoms with Gasteiger partial charge in [0.05, 0.1) is 11.6 Å². The van der Waals surface area contributed by atoms with Crippen LogP contribution in [0.5, 0.6) is 5.75 Å². The van der Waals surface area contributed by atoms with Crippen LogP contribution in [0.4, 0.5) is 0 Å². The second-order valence-electron chi connectivity index (χ2n) is 6.20. The van der Waals surface area contributed by atoms with Crippen molar-refractivity contribution in [1.29, 1.82) is 0 Å². The third kappa shape index (κ3) is 3.20. The molecular formula is C20H19N3O2S. The first-order chi connectivity index (χ1) is 12.8. The van der Waals surface area contributed by atoms with Gasteiger partial charge in [0.25, 0.3) is 5.56 Å². The van der Waals surface area contributed by atoms with Crippen LogP contribution in [-0.4, -0.2) is 22.5 Å². The Morgan fingerprint density at radius 3 is 2.88 bits per heavy atom. The molecular weight excluding hydrogens is 346 g/mol. The molecule has 4 rings (SSSR count). The van der Waals surface area contributed by atoms with E-state index in [1.807, 2.05) is 24.3 Å². The summed E-state index contributed by atoms with van der Waals surface area (Å²) in [5.74, 6) is 0.771. The second kappa shape index (κ2) is 7.25. The molecule has 0 aliphatic heterocycles. The number of hydrogen-bond acceptors (Lipinski definition) is 5. The summed E-state index contributed by atoms with van der Waals surface area (Å²) >= 11 is 1.65. The molecule has 0 radical (unpaired) electrons. The molecule has 1 aromatic carbocycles. The normalized spacial score (nSPS) is 13.8. The minimum absolute atomic E-state index is 0.0865. The van der Waals surface area contributed by atoms with E-state index in [2.05, 4.69) is 16.7 Å². The molecule has 0 unspecified atom stereocenters. The Labute approximate surface area is 155 Å². The van der Waals surface area contributed by atoms with Gasteiger partial charge in [0, 0.05) is 4.88 Å². The van der Waals surface area contributed by atoms with Gasteiger partial charge in [-0.25, -0.2) is 4.98 Å². The van der Waals surface area contributed by atoms with Gasteiger partial charge in [-0.05, 0) is 61.1 Å². The monoisotopic (exact) mass is 365 g/mol. The molecule has 2 heterocycles. The number of aromatic nitrogens is 2. The molecule has 3 aromatic rings. The zero-order chi connectivity index (χ0) is 17.9. The lowest BCUT2D eigenvalue weighted by atomic mass is 9.97. The lowest BCUT2D eigenvalue weighted by molar-refractivity contribution is 0.363. The van der Waals surface area contributed by atoms with E-state index in [4.69, 9.17) is 4.74 Å². The number of ether oxygens (including phenoxy) is 1. The summed E-state index contributed by atoms with van der Waals surface area (Å²) < 4.78 is 6.78. The Bertz CT molecular complexity index is 1030. The molecule has 1 aliphatic carbocycles. The van der Waals surface area contributed by atoms with Gasteiger partial charge in [0.2, 0.25) is 0 Å². The highest BCUT2D eigenvalue weighted by Crippen LogP contribution is 2.33. The van der Waals surface area contributed by atoms with E-state index < -0.39 is 0 Å². The Hall–Kier alpha value is -2.73. The van der Waals surface area contributed by atoms with Crippen molar-refractivity contribution in [3.8, 4) is 5.75 Å². The van der Waals surface area contributed by atoms with E-state index in [9.17, 15) is 4.79 Å². The third-order valence-electron chi connectivity index (χ3n) is 4.44. The Morgan fingerprint density at radius 1 is 1.27 bits per heavy atom. The first-order valence-corrected chi connectivity index (χ1v) is 9.48. The highest BCUT2D eigenvalue weighted by Gasteiger charge is 2.19. The van der Waals surface area contributed by atoms with Crippen molar-refractivity contribution in [3.05, 3.63) is 69.6 Å². The largest absolute Gasteiger partial charge is 0.490 e. The van der Waals surface area contributed by atoms with Gasteiger partial charge in [-0.15, -0.1) is 11.3 Å². The van der Waals surface area contributed by atoms with E-state index in [0.717, 1.165) is 40.8 Å². The topological polar surface area (TPSA) is 56.5 Å². The lowest BCUT2D eigenvalue weighted by Gasteiger charge is -2.09. The summed E-state index contributed by atoms with van der Waals surface area (Å²) in [4.78, 5) is 19.4. The summed E-state index contributed by atoms with van der Waals surface area (Å²) in [6, 6.07) is 7.52. The van der Waals surface area contributed by atoms with Crippen LogP contribution in [0.25, 0.3) is 10.2 Å². The van der Waals surface area contributed by atoms with Crippen molar-refractivity contribution in [2.24, 2.45) is 5.10 Å². The molecule has 2 aromatic heterocycles. The van der Waals surface area contributed by atoms with E-state index in [1.165, 1.54) is 27.9 Å². The highest BCUT2D eigenvalue weighted by molar-refractivity contribution is 7.18. The van der Waals surface area contributed by atoms with E-state index in [0.29, 0.717) is 6.61 Å². The van der Waals surface area contributed by atoms with Crippen LogP contribution in [0.15, 0.2) is 53.1 Å². The Morgan fingerprint density at radius 2 is 2.08 bits per heavy atom. The van der Waals surface area contributed by atoms with Crippen LogP contribution in [0.2, 0.25) is 0 Å². The van der Waals surface area contributed by atoms with Gasteiger partial charge < -0.3 is 4.74 Å². The minimum Gasteiger partial charge on any atom is -0.490 e. The van der Waals surface area contributed by atoms with Crippen LogP contribution in [0.3, 0.4) is 0 Å². The Balaban J connectivity index is 1.62. The summed E-state index contributed by atoms with van der Waals surface area (Å²) in [7, 11) is 0. The molecule has 0 atom stereocenters. The average molecular weight is 365 g/mol. The van der Waals surface area contributed by atoms with E-state index in [1.54, 1.807) is 23.6 Å². The number of nitrogens with zero attached hydrogens (tertiary/aromatic N) is 3. The SMILES string of the molecule is C=CCOc1ccc(/C=N\n2cnc3sc4c(c3c2=O)CCCC4)cc1. The molecule has 6 heteroatoms. The highest BCUT2D eigenvalue weighted by atomic mass is 32.1. The fourth-order valence-corrected chi connectivity index (χ4v) is 4.37. The van der Waals surface area contributed by atoms with Gasteiger partial charge in [0.15, 0.2) is 0 Å². The maximum absolute atomic E-state index is 12.8. The van der Waals surface area contributed by atoms with Crippen LogP contribution in [0, 0.1) is 0 Å². The predicted octanol–water partition coefficient (Wildman–Crippen LogP) is 3.78. The number of thiophene rings is 1. The molecule has 0 saturated carbocycles. The predicted molar refractivity (Wildman–Crippen MR) is 106 cm³/mol.